The SMILES string of the molecule is CCc1ccc(Cn2nnc(C(=O)Nc3ccc(C)cc3Br)c2N)cc1. The van der Waals surface area contributed by atoms with Crippen molar-refractivity contribution in [2.24, 2.45) is 0 Å². The van der Waals surface area contributed by atoms with Gasteiger partial charge < -0.3 is 11.1 Å². The number of hydrogen-bond donors (Lipinski definition) is 2. The molecule has 0 aliphatic rings. The molecular formula is C19H20BrN5O. The van der Waals surface area contributed by atoms with Crippen LogP contribution in [0.25, 0.3) is 0 Å². The number of nitrogens with two attached hydrogens (primary N) is 1. The van der Waals surface area contributed by atoms with Gasteiger partial charge in [0.2, 0.25) is 0 Å². The first-order valence-corrected chi connectivity index (χ1v) is 9.11. The van der Waals surface area contributed by atoms with Crippen molar-refractivity contribution in [2.45, 2.75) is 26.8 Å². The smallest absolute Gasteiger partial charge is 0.280 e. The molecule has 0 aliphatic heterocycles. The maximum absolute atomic E-state index is 12.5. The Kier molecular flexibility index (Phi) is 5.37. The average Bonchev–Trinajstić information content (AvgIpc) is 2.99. The Hall–Kier alpha value is -2.67. The van der Waals surface area contributed by atoms with Crippen molar-refractivity contribution in [1.29, 1.82) is 0 Å². The number of rotatable bonds is 5. The molecule has 7 heteroatoms. The second kappa shape index (κ2) is 7.70. The standard InChI is InChI=1S/C19H20BrN5O/c1-3-13-5-7-14(8-6-13)11-25-18(21)17(23-24-25)19(26)22-16-9-4-12(2)10-15(16)20/h4-10H,3,11,21H2,1-2H3,(H,22,26). The molecule has 1 amide bonds. The molecule has 0 saturated heterocycles. The van der Waals surface area contributed by atoms with E-state index in [-0.39, 0.29) is 17.4 Å². The molecule has 0 radical (unpaired) electrons. The molecule has 1 aromatic heterocycles. The van der Waals surface area contributed by atoms with Crippen LogP contribution < -0.4 is 11.1 Å². The van der Waals surface area contributed by atoms with Gasteiger partial charge in [0.1, 0.15) is 0 Å². The van der Waals surface area contributed by atoms with E-state index in [9.17, 15) is 4.79 Å². The highest BCUT2D eigenvalue weighted by atomic mass is 79.9. The van der Waals surface area contributed by atoms with E-state index in [0.29, 0.717) is 12.2 Å². The molecule has 0 aliphatic carbocycles. The van der Waals surface area contributed by atoms with Crippen molar-refractivity contribution in [1.82, 2.24) is 15.0 Å². The molecule has 6 nitrogen and oxygen atoms in total. The van der Waals surface area contributed by atoms with E-state index in [2.05, 4.69) is 50.6 Å². The summed E-state index contributed by atoms with van der Waals surface area (Å²) in [7, 11) is 0. The van der Waals surface area contributed by atoms with E-state index >= 15 is 0 Å². The number of anilines is 2. The number of amides is 1. The third-order valence-corrected chi connectivity index (χ3v) is 4.78. The van der Waals surface area contributed by atoms with Crippen molar-refractivity contribution >= 4 is 33.3 Å². The molecule has 0 atom stereocenters. The second-order valence-electron chi connectivity index (χ2n) is 6.09. The first-order valence-electron chi connectivity index (χ1n) is 8.32. The maximum atomic E-state index is 12.5. The van der Waals surface area contributed by atoms with Crippen LogP contribution >= 0.6 is 15.9 Å². The summed E-state index contributed by atoms with van der Waals surface area (Å²) in [6.07, 6.45) is 0.991. The van der Waals surface area contributed by atoms with Crippen molar-refractivity contribution in [3.63, 3.8) is 0 Å². The Bertz CT molecular complexity index is 934. The van der Waals surface area contributed by atoms with E-state index in [1.165, 1.54) is 10.2 Å². The van der Waals surface area contributed by atoms with Crippen LogP contribution in [0, 0.1) is 6.92 Å². The second-order valence-corrected chi connectivity index (χ2v) is 6.94. The predicted octanol–water partition coefficient (Wildman–Crippen LogP) is 3.79. The average molecular weight is 414 g/mol. The van der Waals surface area contributed by atoms with Gasteiger partial charge in [-0.15, -0.1) is 5.10 Å². The Morgan fingerprint density at radius 1 is 1.19 bits per heavy atom. The Balaban J connectivity index is 1.76. The molecule has 26 heavy (non-hydrogen) atoms. The number of nitrogen functional groups attached to an aromatic ring is 1. The van der Waals surface area contributed by atoms with E-state index in [1.54, 1.807) is 0 Å². The van der Waals surface area contributed by atoms with E-state index < -0.39 is 0 Å². The van der Waals surface area contributed by atoms with Gasteiger partial charge >= 0.3 is 0 Å². The lowest BCUT2D eigenvalue weighted by molar-refractivity contribution is 0.102. The first kappa shape index (κ1) is 18.1. The minimum atomic E-state index is -0.389. The number of hydrogen-bond acceptors (Lipinski definition) is 4. The number of benzene rings is 2. The number of carbonyl (C=O) groups excluding carboxylic acids is 1. The third-order valence-electron chi connectivity index (χ3n) is 4.12. The van der Waals surface area contributed by atoms with Crippen molar-refractivity contribution < 1.29 is 4.79 Å². The number of aromatic nitrogens is 3. The van der Waals surface area contributed by atoms with Crippen LogP contribution in [0.5, 0.6) is 0 Å². The van der Waals surface area contributed by atoms with Gasteiger partial charge in [-0.3, -0.25) is 4.79 Å². The van der Waals surface area contributed by atoms with Crippen LogP contribution in [0.15, 0.2) is 46.9 Å². The summed E-state index contributed by atoms with van der Waals surface area (Å²) < 4.78 is 2.33. The Morgan fingerprint density at radius 2 is 1.88 bits per heavy atom. The van der Waals surface area contributed by atoms with Crippen LogP contribution in [0.2, 0.25) is 0 Å². The summed E-state index contributed by atoms with van der Waals surface area (Å²) in [5, 5.41) is 10.8. The Labute approximate surface area is 160 Å². The minimum Gasteiger partial charge on any atom is -0.382 e. The van der Waals surface area contributed by atoms with E-state index in [1.807, 2.05) is 37.3 Å². The lowest BCUT2D eigenvalue weighted by atomic mass is 10.1. The fourth-order valence-corrected chi connectivity index (χ4v) is 3.15. The molecule has 134 valence electrons. The van der Waals surface area contributed by atoms with Crippen LogP contribution in [0.4, 0.5) is 11.5 Å². The zero-order valence-electron chi connectivity index (χ0n) is 14.7. The van der Waals surface area contributed by atoms with Gasteiger partial charge in [-0.2, -0.15) is 0 Å². The number of halogens is 1. The van der Waals surface area contributed by atoms with Gasteiger partial charge in [-0.05, 0) is 58.1 Å². The van der Waals surface area contributed by atoms with Crippen molar-refractivity contribution in [2.75, 3.05) is 11.1 Å². The monoisotopic (exact) mass is 413 g/mol. The fourth-order valence-electron chi connectivity index (χ4n) is 2.56. The lowest BCUT2D eigenvalue weighted by Gasteiger charge is -2.07. The van der Waals surface area contributed by atoms with Gasteiger partial charge in [0.25, 0.3) is 5.91 Å². The predicted molar refractivity (Wildman–Crippen MR) is 106 cm³/mol. The molecule has 3 N–H and O–H groups in total. The minimum absolute atomic E-state index is 0.114. The number of carbonyl (C=O) groups is 1. The quantitative estimate of drug-likeness (QED) is 0.665. The van der Waals surface area contributed by atoms with Crippen LogP contribution in [0.1, 0.15) is 34.1 Å². The highest BCUT2D eigenvalue weighted by molar-refractivity contribution is 9.10. The number of aryl methyl sites for hydroxylation is 2. The number of nitrogens with zero attached hydrogens (tertiary/aromatic N) is 3. The van der Waals surface area contributed by atoms with Crippen molar-refractivity contribution in [3.05, 3.63) is 69.3 Å². The highest BCUT2D eigenvalue weighted by Crippen LogP contribution is 2.24. The molecule has 1 heterocycles. The van der Waals surface area contributed by atoms with Crippen molar-refractivity contribution in [3.8, 4) is 0 Å². The molecular weight excluding hydrogens is 394 g/mol. The molecule has 0 saturated carbocycles. The lowest BCUT2D eigenvalue weighted by Crippen LogP contribution is -2.15. The van der Waals surface area contributed by atoms with Gasteiger partial charge in [0.15, 0.2) is 11.5 Å². The molecule has 0 unspecified atom stereocenters. The maximum Gasteiger partial charge on any atom is 0.280 e. The summed E-state index contributed by atoms with van der Waals surface area (Å²) >= 11 is 3.44. The largest absolute Gasteiger partial charge is 0.382 e. The molecule has 0 fully saturated rings. The summed E-state index contributed by atoms with van der Waals surface area (Å²) in [6, 6.07) is 13.9. The normalized spacial score (nSPS) is 10.7. The molecule has 0 bridgehead atoms. The third kappa shape index (κ3) is 3.94. The topological polar surface area (TPSA) is 85.8 Å². The molecule has 2 aromatic carbocycles. The zero-order valence-corrected chi connectivity index (χ0v) is 16.2. The summed E-state index contributed by atoms with van der Waals surface area (Å²) in [5.74, 6) is -0.148. The zero-order chi connectivity index (χ0) is 18.7. The van der Waals surface area contributed by atoms with Gasteiger partial charge in [0.05, 0.1) is 12.2 Å². The summed E-state index contributed by atoms with van der Waals surface area (Å²) in [6.45, 7) is 4.55. The van der Waals surface area contributed by atoms with Gasteiger partial charge in [0, 0.05) is 4.47 Å². The molecule has 3 rings (SSSR count). The van der Waals surface area contributed by atoms with Gasteiger partial charge in [-0.25, -0.2) is 4.68 Å². The highest BCUT2D eigenvalue weighted by Gasteiger charge is 2.18. The molecule has 3 aromatic rings. The van der Waals surface area contributed by atoms with E-state index in [4.69, 9.17) is 5.73 Å². The summed E-state index contributed by atoms with van der Waals surface area (Å²) in [5.41, 5.74) is 10.3. The van der Waals surface area contributed by atoms with Crippen LogP contribution in [-0.4, -0.2) is 20.9 Å². The van der Waals surface area contributed by atoms with Crippen LogP contribution in [0.3, 0.4) is 0 Å². The number of nitrogens with one attached hydrogen (secondary N) is 1. The Morgan fingerprint density at radius 3 is 2.54 bits per heavy atom. The van der Waals surface area contributed by atoms with Gasteiger partial charge in [-0.1, -0.05) is 42.5 Å². The van der Waals surface area contributed by atoms with Crippen LogP contribution in [-0.2, 0) is 13.0 Å². The van der Waals surface area contributed by atoms with E-state index in [0.717, 1.165) is 22.0 Å². The first-order chi connectivity index (χ1) is 12.5. The fraction of sp³-hybridized carbons (Fsp3) is 0.211. The summed E-state index contributed by atoms with van der Waals surface area (Å²) in [4.78, 5) is 12.5. The molecule has 0 spiro atoms.